The molecular formula is C28H33NO11. The molecule has 0 unspecified atom stereocenters. The van der Waals surface area contributed by atoms with Crippen LogP contribution in [0.1, 0.15) is 56.6 Å². The van der Waals surface area contributed by atoms with E-state index in [0.29, 0.717) is 12.8 Å². The van der Waals surface area contributed by atoms with Gasteiger partial charge in [0, 0.05) is 18.0 Å². The van der Waals surface area contributed by atoms with E-state index < -0.39 is 66.4 Å². The van der Waals surface area contributed by atoms with Crippen molar-refractivity contribution in [1.82, 2.24) is 4.90 Å². The molecule has 12 heteroatoms. The minimum absolute atomic E-state index is 0.0371. The zero-order valence-electron chi connectivity index (χ0n) is 22.4. The molecule has 1 spiro atoms. The lowest BCUT2D eigenvalue weighted by Crippen LogP contribution is -2.69. The molecule has 12 nitrogen and oxygen atoms in total. The summed E-state index contributed by atoms with van der Waals surface area (Å²) >= 11 is 0. The third-order valence-corrected chi connectivity index (χ3v) is 8.53. The molecule has 1 aromatic rings. The predicted molar refractivity (Wildman–Crippen MR) is 135 cm³/mol. The van der Waals surface area contributed by atoms with Crippen molar-refractivity contribution in [2.75, 3.05) is 20.2 Å². The Balaban J connectivity index is 1.47. The van der Waals surface area contributed by atoms with Gasteiger partial charge in [-0.25, -0.2) is 4.79 Å². The number of carboxylic acids is 1. The number of hydrogen-bond donors (Lipinski definition) is 3. The van der Waals surface area contributed by atoms with E-state index in [2.05, 4.69) is 4.90 Å². The Labute approximate surface area is 230 Å². The minimum atomic E-state index is -1.69. The zero-order chi connectivity index (χ0) is 28.8. The van der Waals surface area contributed by atoms with Gasteiger partial charge in [0.1, 0.15) is 5.76 Å². The fourth-order valence-corrected chi connectivity index (χ4v) is 6.84. The van der Waals surface area contributed by atoms with Gasteiger partial charge in [-0.1, -0.05) is 6.07 Å². The largest absolute Gasteiger partial charge is 0.504 e. The van der Waals surface area contributed by atoms with Crippen LogP contribution in [0.15, 0.2) is 24.0 Å². The Hall–Kier alpha value is -3.64. The maximum absolute atomic E-state index is 13.3. The van der Waals surface area contributed by atoms with Gasteiger partial charge >= 0.3 is 23.9 Å². The van der Waals surface area contributed by atoms with Crippen molar-refractivity contribution in [3.8, 4) is 11.5 Å². The maximum Gasteiger partial charge on any atom is 0.353 e. The van der Waals surface area contributed by atoms with Gasteiger partial charge in [0.2, 0.25) is 6.10 Å². The second-order valence-corrected chi connectivity index (χ2v) is 10.8. The average Bonchev–Trinajstić information content (AvgIpc) is 3.24. The van der Waals surface area contributed by atoms with Crippen LogP contribution in [0.4, 0.5) is 0 Å². The number of esters is 3. The van der Waals surface area contributed by atoms with Crippen LogP contribution in [0.2, 0.25) is 0 Å². The van der Waals surface area contributed by atoms with Crippen LogP contribution in [-0.4, -0.2) is 88.1 Å². The molecule has 3 N–H and O–H groups in total. The molecule has 2 bridgehead atoms. The molecule has 1 aromatic carbocycles. The number of aliphatic hydroxyl groups is 1. The molecule has 5 atom stereocenters. The third-order valence-electron chi connectivity index (χ3n) is 8.53. The van der Waals surface area contributed by atoms with Crippen LogP contribution in [-0.2, 0) is 45.2 Å². The van der Waals surface area contributed by atoms with Crippen molar-refractivity contribution < 1.29 is 53.4 Å². The van der Waals surface area contributed by atoms with Gasteiger partial charge < -0.3 is 39.2 Å². The summed E-state index contributed by atoms with van der Waals surface area (Å²) in [4.78, 5) is 50.8. The fourth-order valence-electron chi connectivity index (χ4n) is 6.84. The van der Waals surface area contributed by atoms with Crippen molar-refractivity contribution in [1.29, 1.82) is 0 Å². The fraction of sp³-hybridized carbons (Fsp3) is 0.571. The SMILES string of the molecule is CCOC(=O)C[C@H](OC(=O)CCC(=O)O)C(=O)OC1=CC[C@@]2(O)[C@H]3Cc4ccc(O)c5c4[C@@]2(CCCN3C)[C@H]1O5. The van der Waals surface area contributed by atoms with E-state index in [-0.39, 0.29) is 36.3 Å². The third kappa shape index (κ3) is 4.39. The molecule has 2 aliphatic heterocycles. The topological polar surface area (TPSA) is 169 Å². The number of hydrogen-bond acceptors (Lipinski definition) is 11. The highest BCUT2D eigenvalue weighted by atomic mass is 16.6. The van der Waals surface area contributed by atoms with E-state index in [1.807, 2.05) is 13.1 Å². The second kappa shape index (κ2) is 10.4. The Morgan fingerprint density at radius 1 is 1.20 bits per heavy atom. The summed E-state index contributed by atoms with van der Waals surface area (Å²) < 4.78 is 22.1. The Bertz CT molecular complexity index is 1270. The van der Waals surface area contributed by atoms with Gasteiger partial charge in [0.15, 0.2) is 17.6 Å². The van der Waals surface area contributed by atoms with Crippen LogP contribution in [0.5, 0.6) is 11.5 Å². The summed E-state index contributed by atoms with van der Waals surface area (Å²) in [6, 6.07) is 3.15. The number of carbonyl (C=O) groups is 4. The molecule has 5 rings (SSSR count). The van der Waals surface area contributed by atoms with E-state index in [0.717, 1.165) is 24.1 Å². The van der Waals surface area contributed by atoms with Crippen molar-refractivity contribution >= 4 is 23.9 Å². The first-order valence-electron chi connectivity index (χ1n) is 13.4. The lowest BCUT2D eigenvalue weighted by molar-refractivity contribution is -0.173. The summed E-state index contributed by atoms with van der Waals surface area (Å²) in [6.07, 6.45) is -0.790. The van der Waals surface area contributed by atoms with Gasteiger partial charge in [-0.3, -0.25) is 14.4 Å². The van der Waals surface area contributed by atoms with E-state index in [1.165, 1.54) is 0 Å². The molecule has 0 saturated carbocycles. The molecular weight excluding hydrogens is 526 g/mol. The molecule has 2 aliphatic carbocycles. The van der Waals surface area contributed by atoms with Crippen LogP contribution >= 0.6 is 0 Å². The average molecular weight is 560 g/mol. The summed E-state index contributed by atoms with van der Waals surface area (Å²) in [5.74, 6) is -3.83. The minimum Gasteiger partial charge on any atom is -0.504 e. The summed E-state index contributed by atoms with van der Waals surface area (Å²) in [6.45, 7) is 2.35. The number of aromatic hydroxyl groups is 1. The second-order valence-electron chi connectivity index (χ2n) is 10.8. The summed E-state index contributed by atoms with van der Waals surface area (Å²) in [5.41, 5.74) is -0.628. The number of likely N-dealkylation sites (N-methyl/N-ethyl adjacent to an activating group) is 1. The first kappa shape index (κ1) is 27.9. The highest BCUT2D eigenvalue weighted by Crippen LogP contribution is 2.64. The summed E-state index contributed by atoms with van der Waals surface area (Å²) in [5, 5.41) is 31.9. The predicted octanol–water partition coefficient (Wildman–Crippen LogP) is 1.33. The monoisotopic (exact) mass is 559 g/mol. The lowest BCUT2D eigenvalue weighted by atomic mass is 9.52. The van der Waals surface area contributed by atoms with Gasteiger partial charge in [-0.2, -0.15) is 0 Å². The van der Waals surface area contributed by atoms with Crippen molar-refractivity contribution in [3.05, 3.63) is 35.1 Å². The summed E-state index contributed by atoms with van der Waals surface area (Å²) in [7, 11) is 1.97. The molecule has 216 valence electrons. The number of aliphatic carboxylic acids is 1. The van der Waals surface area contributed by atoms with Gasteiger partial charge in [-0.15, -0.1) is 0 Å². The molecule has 40 heavy (non-hydrogen) atoms. The number of ether oxygens (including phenoxy) is 4. The number of nitrogens with zero attached hydrogens (tertiary/aromatic N) is 1. The van der Waals surface area contributed by atoms with Crippen molar-refractivity contribution in [2.24, 2.45) is 0 Å². The maximum atomic E-state index is 13.3. The zero-order valence-corrected chi connectivity index (χ0v) is 22.4. The standard InChI is InChI=1S/C28H33NO11/c1-3-37-22(34)14-18(38-21(33)8-7-20(31)32)26(35)39-17-9-11-28(36)19-13-15-5-6-16(30)24-23(15)27(28,25(17)40-24)10-4-12-29(19)2/h5-6,9,18-19,25,30,36H,3-4,7-8,10-14H2,1-2H3,(H,31,32)/t18-,19+,25-,27-,28+/m0/s1. The van der Waals surface area contributed by atoms with Crippen LogP contribution in [0, 0.1) is 0 Å². The number of phenols is 1. The quantitative estimate of drug-likeness (QED) is 0.294. The van der Waals surface area contributed by atoms with Crippen molar-refractivity contribution in [3.63, 3.8) is 0 Å². The van der Waals surface area contributed by atoms with Gasteiger partial charge in [0.25, 0.3) is 0 Å². The highest BCUT2D eigenvalue weighted by Gasteiger charge is 2.71. The van der Waals surface area contributed by atoms with E-state index in [4.69, 9.17) is 24.1 Å². The smallest absolute Gasteiger partial charge is 0.353 e. The number of carbonyl (C=O) groups excluding carboxylic acids is 3. The normalized spacial score (nSPS) is 28.7. The molecule has 2 heterocycles. The first-order valence-corrected chi connectivity index (χ1v) is 13.4. The molecule has 4 aliphatic rings. The number of carboxylic acid groups (broad SMARTS) is 1. The van der Waals surface area contributed by atoms with E-state index in [9.17, 15) is 29.4 Å². The first-order chi connectivity index (χ1) is 19.0. The Kier molecular flexibility index (Phi) is 7.26. The number of likely N-dealkylation sites (tertiary alicyclic amines) is 1. The molecule has 0 radical (unpaired) electrons. The van der Waals surface area contributed by atoms with Crippen LogP contribution in [0.25, 0.3) is 0 Å². The van der Waals surface area contributed by atoms with Crippen molar-refractivity contribution in [2.45, 2.75) is 81.1 Å². The number of rotatable bonds is 9. The highest BCUT2D eigenvalue weighted by molar-refractivity contribution is 5.86. The van der Waals surface area contributed by atoms with Crippen LogP contribution < -0.4 is 4.74 Å². The lowest BCUT2D eigenvalue weighted by Gasteiger charge is -2.56. The molecule has 0 aromatic heterocycles. The van der Waals surface area contributed by atoms with Crippen LogP contribution in [0.3, 0.4) is 0 Å². The molecule has 0 amide bonds. The van der Waals surface area contributed by atoms with E-state index in [1.54, 1.807) is 19.1 Å². The Morgan fingerprint density at radius 2 is 1.98 bits per heavy atom. The van der Waals surface area contributed by atoms with Gasteiger partial charge in [0.05, 0.1) is 36.9 Å². The number of phenolic OH excluding ortho intramolecular Hbond substituents is 1. The number of benzene rings is 1. The molecule has 1 saturated heterocycles. The Morgan fingerprint density at radius 3 is 2.70 bits per heavy atom. The van der Waals surface area contributed by atoms with E-state index >= 15 is 0 Å². The molecule has 1 fully saturated rings. The van der Waals surface area contributed by atoms with Gasteiger partial charge in [-0.05, 0) is 57.5 Å².